The van der Waals surface area contributed by atoms with Crippen LogP contribution in [0.25, 0.3) is 0 Å². The molecule has 2 heteroatoms. The van der Waals surface area contributed by atoms with Gasteiger partial charge in [0.15, 0.2) is 0 Å². The molecule has 0 saturated carbocycles. The number of hydrogen-bond acceptors (Lipinski definition) is 2. The largest absolute Gasteiger partial charge is 0.780 e. The van der Waals surface area contributed by atoms with Crippen LogP contribution in [0.4, 0.5) is 0 Å². The minimum atomic E-state index is 0.845. The maximum absolute atomic E-state index is 4.85. The van der Waals surface area contributed by atoms with Crippen molar-refractivity contribution in [1.82, 2.24) is 0 Å². The lowest BCUT2D eigenvalue weighted by molar-refractivity contribution is 1.35. The SMILES string of the molecule is [S-]c1cccc(S)c1. The molecule has 0 nitrogen and oxygen atoms in total. The fraction of sp³-hybridized carbons (Fsp3) is 0. The summed E-state index contributed by atoms with van der Waals surface area (Å²) in [5.41, 5.74) is 0. The van der Waals surface area contributed by atoms with E-state index in [9.17, 15) is 0 Å². The molecule has 0 spiro atoms. The first-order chi connectivity index (χ1) is 3.79. The predicted octanol–water partition coefficient (Wildman–Crippen LogP) is 1.88. The molecule has 0 amide bonds. The van der Waals surface area contributed by atoms with Crippen molar-refractivity contribution >= 4 is 25.3 Å². The van der Waals surface area contributed by atoms with E-state index in [0.717, 1.165) is 9.79 Å². The van der Waals surface area contributed by atoms with Crippen LogP contribution in [0, 0.1) is 0 Å². The van der Waals surface area contributed by atoms with Gasteiger partial charge in [0.25, 0.3) is 0 Å². The molecular formula is C6H5S2-. The Kier molecular flexibility index (Phi) is 1.76. The minimum Gasteiger partial charge on any atom is -0.780 e. The Balaban J connectivity index is 3.08. The summed E-state index contributed by atoms with van der Waals surface area (Å²) >= 11 is 8.94. The van der Waals surface area contributed by atoms with Gasteiger partial charge in [0.1, 0.15) is 0 Å². The van der Waals surface area contributed by atoms with E-state index in [2.05, 4.69) is 12.6 Å². The van der Waals surface area contributed by atoms with Gasteiger partial charge in [0.2, 0.25) is 0 Å². The van der Waals surface area contributed by atoms with Crippen LogP contribution in [-0.2, 0) is 12.6 Å². The second-order valence-electron chi connectivity index (χ2n) is 1.50. The average molecular weight is 141 g/mol. The minimum absolute atomic E-state index is 0.845. The van der Waals surface area contributed by atoms with Crippen molar-refractivity contribution in [3.8, 4) is 0 Å². The summed E-state index contributed by atoms with van der Waals surface area (Å²) in [6.45, 7) is 0. The van der Waals surface area contributed by atoms with Crippen molar-refractivity contribution in [2.24, 2.45) is 0 Å². The van der Waals surface area contributed by atoms with Gasteiger partial charge >= 0.3 is 0 Å². The standard InChI is InChI=1S/C6H6S2/c7-5-2-1-3-6(8)4-5/h1-4,7-8H/p-1. The van der Waals surface area contributed by atoms with Crippen molar-refractivity contribution in [1.29, 1.82) is 0 Å². The zero-order chi connectivity index (χ0) is 5.98. The summed E-state index contributed by atoms with van der Waals surface area (Å²) in [6.07, 6.45) is 0. The summed E-state index contributed by atoms with van der Waals surface area (Å²) in [4.78, 5) is 1.77. The highest BCUT2D eigenvalue weighted by Gasteiger charge is 1.76. The van der Waals surface area contributed by atoms with Crippen molar-refractivity contribution in [2.45, 2.75) is 9.79 Å². The lowest BCUT2D eigenvalue weighted by Crippen LogP contribution is -1.67. The Labute approximate surface area is 59.7 Å². The molecule has 0 fully saturated rings. The van der Waals surface area contributed by atoms with E-state index in [1.54, 1.807) is 0 Å². The van der Waals surface area contributed by atoms with Gasteiger partial charge in [-0.1, -0.05) is 18.2 Å². The normalized spacial score (nSPS) is 9.12. The molecule has 1 aromatic carbocycles. The van der Waals surface area contributed by atoms with Gasteiger partial charge in [0, 0.05) is 4.90 Å². The number of benzene rings is 1. The summed E-state index contributed by atoms with van der Waals surface area (Å²) in [7, 11) is 0. The van der Waals surface area contributed by atoms with Crippen LogP contribution >= 0.6 is 12.6 Å². The third-order valence-electron chi connectivity index (χ3n) is 0.818. The van der Waals surface area contributed by atoms with Gasteiger partial charge in [-0.2, -0.15) is 4.90 Å². The van der Waals surface area contributed by atoms with Crippen LogP contribution in [0.5, 0.6) is 0 Å². The highest BCUT2D eigenvalue weighted by atomic mass is 32.1. The molecule has 0 unspecified atom stereocenters. The van der Waals surface area contributed by atoms with E-state index in [0.29, 0.717) is 0 Å². The maximum atomic E-state index is 4.85. The fourth-order valence-corrected chi connectivity index (χ4v) is 1.00. The van der Waals surface area contributed by atoms with Gasteiger partial charge in [-0.25, -0.2) is 0 Å². The molecule has 8 heavy (non-hydrogen) atoms. The van der Waals surface area contributed by atoms with Gasteiger partial charge in [-0.05, 0) is 6.07 Å². The zero-order valence-electron chi connectivity index (χ0n) is 4.16. The first-order valence-electron chi connectivity index (χ1n) is 2.25. The summed E-state index contributed by atoms with van der Waals surface area (Å²) < 4.78 is 0. The fourth-order valence-electron chi connectivity index (χ4n) is 0.484. The van der Waals surface area contributed by atoms with Crippen LogP contribution in [-0.4, -0.2) is 0 Å². The Morgan fingerprint density at radius 2 is 2.12 bits per heavy atom. The molecule has 0 radical (unpaired) electrons. The summed E-state index contributed by atoms with van der Waals surface area (Å²) in [6, 6.07) is 7.51. The third kappa shape index (κ3) is 1.39. The van der Waals surface area contributed by atoms with Gasteiger partial charge in [-0.3, -0.25) is 0 Å². The topological polar surface area (TPSA) is 0 Å². The molecule has 0 aliphatic carbocycles. The summed E-state index contributed by atoms with van der Waals surface area (Å²) in [5.74, 6) is 0. The molecule has 0 saturated heterocycles. The third-order valence-corrected chi connectivity index (χ3v) is 1.35. The quantitative estimate of drug-likeness (QED) is 0.425. The van der Waals surface area contributed by atoms with Crippen molar-refractivity contribution in [2.75, 3.05) is 0 Å². The van der Waals surface area contributed by atoms with E-state index in [-0.39, 0.29) is 0 Å². The molecular weight excluding hydrogens is 136 g/mol. The molecule has 0 aliphatic rings. The molecule has 0 N–H and O–H groups in total. The van der Waals surface area contributed by atoms with Crippen molar-refractivity contribution < 1.29 is 0 Å². The Morgan fingerprint density at radius 1 is 1.38 bits per heavy atom. The lowest BCUT2D eigenvalue weighted by Gasteiger charge is -2.02. The molecule has 0 aliphatic heterocycles. The van der Waals surface area contributed by atoms with Gasteiger partial charge < -0.3 is 12.6 Å². The maximum Gasteiger partial charge on any atom is 0.00251 e. The highest BCUT2D eigenvalue weighted by Crippen LogP contribution is 2.06. The first kappa shape index (κ1) is 5.92. The van der Waals surface area contributed by atoms with Gasteiger partial charge in [-0.15, -0.1) is 12.6 Å². The van der Waals surface area contributed by atoms with E-state index < -0.39 is 0 Å². The smallest absolute Gasteiger partial charge is 0.00251 e. The van der Waals surface area contributed by atoms with Crippen LogP contribution in [0.1, 0.15) is 0 Å². The van der Waals surface area contributed by atoms with E-state index in [4.69, 9.17) is 12.6 Å². The molecule has 0 aromatic heterocycles. The number of rotatable bonds is 0. The zero-order valence-corrected chi connectivity index (χ0v) is 5.88. The van der Waals surface area contributed by atoms with Gasteiger partial charge in [0.05, 0.1) is 0 Å². The van der Waals surface area contributed by atoms with E-state index in [1.165, 1.54) is 0 Å². The monoisotopic (exact) mass is 141 g/mol. The first-order valence-corrected chi connectivity index (χ1v) is 3.10. The van der Waals surface area contributed by atoms with Crippen molar-refractivity contribution in [3.63, 3.8) is 0 Å². The second-order valence-corrected chi connectivity index (χ2v) is 2.49. The highest BCUT2D eigenvalue weighted by molar-refractivity contribution is 7.80. The number of thiol groups is 1. The molecule has 0 atom stereocenters. The average Bonchev–Trinajstić information content (AvgIpc) is 1.64. The molecule has 42 valence electrons. The van der Waals surface area contributed by atoms with Crippen LogP contribution in [0.3, 0.4) is 0 Å². The van der Waals surface area contributed by atoms with E-state index in [1.807, 2.05) is 24.3 Å². The predicted molar refractivity (Wildman–Crippen MR) is 39.3 cm³/mol. The number of hydrogen-bond donors (Lipinski definition) is 1. The Morgan fingerprint density at radius 3 is 2.50 bits per heavy atom. The molecule has 0 bridgehead atoms. The van der Waals surface area contributed by atoms with Crippen LogP contribution < -0.4 is 0 Å². The molecule has 0 heterocycles. The summed E-state index contributed by atoms with van der Waals surface area (Å²) in [5, 5.41) is 0. The van der Waals surface area contributed by atoms with Crippen molar-refractivity contribution in [3.05, 3.63) is 24.3 Å². The Bertz CT molecular complexity index is 166. The van der Waals surface area contributed by atoms with E-state index >= 15 is 0 Å². The van der Waals surface area contributed by atoms with Crippen LogP contribution in [0.15, 0.2) is 34.1 Å². The second kappa shape index (κ2) is 2.37. The Hall–Kier alpha value is -0.210. The molecule has 1 rings (SSSR count). The van der Waals surface area contributed by atoms with Crippen LogP contribution in [0.2, 0.25) is 0 Å². The molecule has 1 aromatic rings. The lowest BCUT2D eigenvalue weighted by atomic mass is 10.4.